The van der Waals surface area contributed by atoms with Crippen LogP contribution in [0.3, 0.4) is 0 Å². The maximum atomic E-state index is 12.2. The summed E-state index contributed by atoms with van der Waals surface area (Å²) >= 11 is 0. The van der Waals surface area contributed by atoms with E-state index in [1.165, 1.54) is 27.9 Å². The smallest absolute Gasteiger partial charge is 0.245 e. The molecule has 0 spiro atoms. The van der Waals surface area contributed by atoms with Crippen LogP contribution in [0.15, 0.2) is 48.5 Å². The van der Waals surface area contributed by atoms with E-state index in [0.29, 0.717) is 0 Å². The van der Waals surface area contributed by atoms with E-state index in [9.17, 15) is 10.1 Å². The number of hydrogen-bond donors (Lipinski definition) is 1. The van der Waals surface area contributed by atoms with E-state index >= 15 is 0 Å². The van der Waals surface area contributed by atoms with Crippen LogP contribution in [0.2, 0.25) is 0 Å². The summed E-state index contributed by atoms with van der Waals surface area (Å²) in [5.41, 5.74) is 2.75. The number of nitrogens with one attached hydrogen (secondary N) is 1. The lowest BCUT2D eigenvalue weighted by Crippen LogP contribution is -2.51. The van der Waals surface area contributed by atoms with Crippen molar-refractivity contribution in [1.82, 2.24) is 9.88 Å². The molecule has 4 heteroatoms. The number of benzene rings is 2. The van der Waals surface area contributed by atoms with Gasteiger partial charge in [0.2, 0.25) is 5.91 Å². The average Bonchev–Trinajstić information content (AvgIpc) is 2.96. The van der Waals surface area contributed by atoms with Crippen LogP contribution in [0.25, 0.3) is 27.9 Å². The van der Waals surface area contributed by atoms with Crippen molar-refractivity contribution in [1.29, 1.82) is 5.26 Å². The van der Waals surface area contributed by atoms with Gasteiger partial charge in [0.1, 0.15) is 5.54 Å². The summed E-state index contributed by atoms with van der Waals surface area (Å²) in [6.07, 6.45) is 5.82. The van der Waals surface area contributed by atoms with E-state index in [-0.39, 0.29) is 5.91 Å². The molecule has 1 N–H and O–H groups in total. The molecule has 1 aliphatic rings. The maximum Gasteiger partial charge on any atom is 0.245 e. The Morgan fingerprint density at radius 1 is 1.23 bits per heavy atom. The van der Waals surface area contributed by atoms with Gasteiger partial charge in [0.15, 0.2) is 0 Å². The monoisotopic (exact) mass is 343 g/mol. The summed E-state index contributed by atoms with van der Waals surface area (Å²) in [5.74, 6) is -0.206. The number of aromatic nitrogens is 1. The number of nitrogens with zero attached hydrogens (tertiary/aromatic N) is 2. The SMILES string of the molecule is CCn1c2ccccc2c2cc(/C=C/C(=O)NC3(C#N)CCC3)ccc21. The van der Waals surface area contributed by atoms with Gasteiger partial charge in [-0.15, -0.1) is 0 Å². The lowest BCUT2D eigenvalue weighted by Gasteiger charge is -2.35. The number of para-hydroxylation sites is 1. The molecule has 0 atom stereocenters. The molecule has 1 amide bonds. The second-order valence-electron chi connectivity index (χ2n) is 6.91. The summed E-state index contributed by atoms with van der Waals surface area (Å²) in [4.78, 5) is 12.2. The summed E-state index contributed by atoms with van der Waals surface area (Å²) in [5, 5.41) is 14.5. The molecule has 1 saturated carbocycles. The Balaban J connectivity index is 1.64. The second-order valence-corrected chi connectivity index (χ2v) is 6.91. The number of amides is 1. The van der Waals surface area contributed by atoms with Crippen molar-refractivity contribution < 1.29 is 4.79 Å². The number of fused-ring (bicyclic) bond motifs is 3. The fraction of sp³-hybridized carbons (Fsp3) is 0.273. The van der Waals surface area contributed by atoms with E-state index in [1.54, 1.807) is 0 Å². The molecule has 0 aliphatic heterocycles. The summed E-state index contributed by atoms with van der Waals surface area (Å²) in [7, 11) is 0. The average molecular weight is 343 g/mol. The number of aryl methyl sites for hydroxylation is 1. The number of carbonyl (C=O) groups excluding carboxylic acids is 1. The van der Waals surface area contributed by atoms with Crippen molar-refractivity contribution in [3.05, 3.63) is 54.1 Å². The highest BCUT2D eigenvalue weighted by Crippen LogP contribution is 2.31. The standard InChI is InChI=1S/C22H21N3O/c1-2-25-19-7-4-3-6-17(19)18-14-16(8-10-20(18)25)9-11-21(26)24-22(15-23)12-5-13-22/h3-4,6-11,14H,2,5,12-13H2,1H3,(H,24,26)/b11-9+. The molecule has 4 rings (SSSR count). The summed E-state index contributed by atoms with van der Waals surface area (Å²) in [6.45, 7) is 3.06. The van der Waals surface area contributed by atoms with Crippen molar-refractivity contribution in [3.8, 4) is 6.07 Å². The first-order valence-corrected chi connectivity index (χ1v) is 9.08. The van der Waals surface area contributed by atoms with Crippen LogP contribution >= 0.6 is 0 Å². The topological polar surface area (TPSA) is 57.8 Å². The molecule has 2 aromatic carbocycles. The predicted octanol–water partition coefficient (Wildman–Crippen LogP) is 4.39. The fourth-order valence-electron chi connectivity index (χ4n) is 3.76. The molecule has 1 heterocycles. The van der Waals surface area contributed by atoms with Gasteiger partial charge in [-0.3, -0.25) is 4.79 Å². The molecule has 4 nitrogen and oxygen atoms in total. The summed E-state index contributed by atoms with van der Waals surface area (Å²) in [6, 6.07) is 16.9. The van der Waals surface area contributed by atoms with Gasteiger partial charge in [-0.1, -0.05) is 24.3 Å². The van der Waals surface area contributed by atoms with Crippen LogP contribution < -0.4 is 5.32 Å². The number of carbonyl (C=O) groups is 1. The third-order valence-corrected chi connectivity index (χ3v) is 5.32. The van der Waals surface area contributed by atoms with E-state index in [1.807, 2.05) is 12.1 Å². The first-order valence-electron chi connectivity index (χ1n) is 9.08. The van der Waals surface area contributed by atoms with Crippen molar-refractivity contribution >= 4 is 33.8 Å². The molecular weight excluding hydrogens is 322 g/mol. The maximum absolute atomic E-state index is 12.2. The van der Waals surface area contributed by atoms with Gasteiger partial charge in [0.25, 0.3) is 0 Å². The van der Waals surface area contributed by atoms with Crippen LogP contribution in [0.5, 0.6) is 0 Å². The lowest BCUT2D eigenvalue weighted by molar-refractivity contribution is -0.118. The Hall–Kier alpha value is -3.06. The highest BCUT2D eigenvalue weighted by molar-refractivity contribution is 6.08. The normalized spacial score (nSPS) is 15.8. The van der Waals surface area contributed by atoms with Gasteiger partial charge in [-0.25, -0.2) is 0 Å². The van der Waals surface area contributed by atoms with E-state index in [0.717, 1.165) is 31.4 Å². The first-order chi connectivity index (χ1) is 12.7. The van der Waals surface area contributed by atoms with E-state index in [2.05, 4.69) is 59.3 Å². The molecule has 1 aliphatic carbocycles. The van der Waals surface area contributed by atoms with Gasteiger partial charge in [-0.05, 0) is 56.0 Å². The van der Waals surface area contributed by atoms with Gasteiger partial charge >= 0.3 is 0 Å². The molecule has 1 aromatic heterocycles. The Bertz CT molecular complexity index is 1060. The minimum Gasteiger partial charge on any atom is -0.341 e. The molecule has 0 radical (unpaired) electrons. The highest BCUT2D eigenvalue weighted by atomic mass is 16.1. The zero-order valence-electron chi connectivity index (χ0n) is 14.8. The van der Waals surface area contributed by atoms with Crippen LogP contribution in [0, 0.1) is 11.3 Å². The number of nitriles is 1. The van der Waals surface area contributed by atoms with Gasteiger partial charge in [0, 0.05) is 34.4 Å². The molecule has 1 fully saturated rings. The van der Waals surface area contributed by atoms with Gasteiger partial charge < -0.3 is 9.88 Å². The van der Waals surface area contributed by atoms with Crippen LogP contribution in [0.4, 0.5) is 0 Å². The summed E-state index contributed by atoms with van der Waals surface area (Å²) < 4.78 is 2.30. The van der Waals surface area contributed by atoms with Crippen LogP contribution in [-0.2, 0) is 11.3 Å². The first kappa shape index (κ1) is 16.4. The lowest BCUT2D eigenvalue weighted by atomic mass is 9.78. The zero-order valence-corrected chi connectivity index (χ0v) is 14.8. The second kappa shape index (κ2) is 6.34. The Morgan fingerprint density at radius 2 is 2.00 bits per heavy atom. The highest BCUT2D eigenvalue weighted by Gasteiger charge is 2.38. The van der Waals surface area contributed by atoms with Crippen molar-refractivity contribution in [2.75, 3.05) is 0 Å². The van der Waals surface area contributed by atoms with Gasteiger partial charge in [-0.2, -0.15) is 5.26 Å². The number of hydrogen-bond acceptors (Lipinski definition) is 2. The predicted molar refractivity (Wildman–Crippen MR) is 104 cm³/mol. The van der Waals surface area contributed by atoms with Crippen molar-refractivity contribution in [3.63, 3.8) is 0 Å². The van der Waals surface area contributed by atoms with Crippen molar-refractivity contribution in [2.45, 2.75) is 38.3 Å². The number of rotatable bonds is 4. The third-order valence-electron chi connectivity index (χ3n) is 5.32. The molecule has 130 valence electrons. The Labute approximate surface area is 152 Å². The third kappa shape index (κ3) is 2.66. The van der Waals surface area contributed by atoms with E-state index in [4.69, 9.17) is 0 Å². The van der Waals surface area contributed by atoms with Crippen LogP contribution in [0.1, 0.15) is 31.7 Å². The minimum absolute atomic E-state index is 0.206. The molecule has 0 unspecified atom stereocenters. The fourth-order valence-corrected chi connectivity index (χ4v) is 3.76. The van der Waals surface area contributed by atoms with Gasteiger partial charge in [0.05, 0.1) is 6.07 Å². The molecule has 0 bridgehead atoms. The van der Waals surface area contributed by atoms with E-state index < -0.39 is 5.54 Å². The molecule has 0 saturated heterocycles. The van der Waals surface area contributed by atoms with Crippen LogP contribution in [-0.4, -0.2) is 16.0 Å². The largest absolute Gasteiger partial charge is 0.341 e. The Kier molecular flexibility index (Phi) is 4.00. The molecular formula is C22H21N3O. The Morgan fingerprint density at radius 3 is 2.69 bits per heavy atom. The quantitative estimate of drug-likeness (QED) is 0.714. The minimum atomic E-state index is -0.653. The molecule has 26 heavy (non-hydrogen) atoms. The zero-order chi connectivity index (χ0) is 18.1. The van der Waals surface area contributed by atoms with Crippen molar-refractivity contribution in [2.24, 2.45) is 0 Å². The molecule has 3 aromatic rings.